The second kappa shape index (κ2) is 5.67. The Hall–Kier alpha value is -2.14. The number of hydrazine groups is 1. The maximum atomic E-state index is 5.36. The standard InChI is InChI=1S/C14H19N5/c1-9-4-5-12(6-10(9)2)8-16-14-17-11(3)7-13(18-14)19-15/h4-7H,8,15H2,1-3H3,(H2,16,17,18,19). The molecule has 2 aromatic rings. The zero-order valence-corrected chi connectivity index (χ0v) is 11.5. The summed E-state index contributed by atoms with van der Waals surface area (Å²) in [5, 5.41) is 3.21. The van der Waals surface area contributed by atoms with Crippen molar-refractivity contribution in [1.29, 1.82) is 0 Å². The molecule has 0 amide bonds. The number of nitrogens with two attached hydrogens (primary N) is 1. The van der Waals surface area contributed by atoms with Crippen LogP contribution in [0.5, 0.6) is 0 Å². The topological polar surface area (TPSA) is 75.9 Å². The molecule has 100 valence electrons. The Kier molecular flexibility index (Phi) is 3.97. The van der Waals surface area contributed by atoms with E-state index in [1.807, 2.05) is 6.92 Å². The van der Waals surface area contributed by atoms with Gasteiger partial charge in [0.25, 0.3) is 0 Å². The van der Waals surface area contributed by atoms with Gasteiger partial charge in [-0.15, -0.1) is 0 Å². The third-order valence-corrected chi connectivity index (χ3v) is 3.02. The highest BCUT2D eigenvalue weighted by Gasteiger charge is 2.02. The van der Waals surface area contributed by atoms with Crippen LogP contribution in [-0.2, 0) is 6.54 Å². The van der Waals surface area contributed by atoms with E-state index in [0.29, 0.717) is 18.3 Å². The van der Waals surface area contributed by atoms with Gasteiger partial charge in [-0.25, -0.2) is 10.8 Å². The summed E-state index contributed by atoms with van der Waals surface area (Å²) in [6.45, 7) is 6.81. The maximum absolute atomic E-state index is 5.36. The van der Waals surface area contributed by atoms with Crippen LogP contribution < -0.4 is 16.6 Å². The molecule has 1 aromatic carbocycles. The van der Waals surface area contributed by atoms with E-state index >= 15 is 0 Å². The Labute approximate surface area is 113 Å². The molecule has 0 aliphatic carbocycles. The number of rotatable bonds is 4. The molecule has 0 saturated heterocycles. The molecule has 5 heteroatoms. The summed E-state index contributed by atoms with van der Waals surface area (Å²) in [5.41, 5.74) is 7.18. The van der Waals surface area contributed by atoms with Crippen molar-refractivity contribution < 1.29 is 0 Å². The van der Waals surface area contributed by atoms with Crippen LogP contribution in [0.25, 0.3) is 0 Å². The first-order valence-corrected chi connectivity index (χ1v) is 6.21. The molecule has 0 radical (unpaired) electrons. The molecule has 5 nitrogen and oxygen atoms in total. The Bertz CT molecular complexity index is 580. The summed E-state index contributed by atoms with van der Waals surface area (Å²) in [7, 11) is 0. The van der Waals surface area contributed by atoms with Crippen molar-refractivity contribution in [2.45, 2.75) is 27.3 Å². The summed E-state index contributed by atoms with van der Waals surface area (Å²) in [4.78, 5) is 8.57. The molecule has 0 unspecified atom stereocenters. The van der Waals surface area contributed by atoms with Crippen LogP contribution in [0.1, 0.15) is 22.4 Å². The lowest BCUT2D eigenvalue weighted by Crippen LogP contribution is -2.12. The fraction of sp³-hybridized carbons (Fsp3) is 0.286. The van der Waals surface area contributed by atoms with Gasteiger partial charge in [-0.2, -0.15) is 4.98 Å². The highest BCUT2D eigenvalue weighted by atomic mass is 15.3. The lowest BCUT2D eigenvalue weighted by Gasteiger charge is -2.09. The number of hydrogen-bond donors (Lipinski definition) is 3. The molecule has 0 aliphatic heterocycles. The average molecular weight is 257 g/mol. The quantitative estimate of drug-likeness (QED) is 0.579. The number of nitrogens with one attached hydrogen (secondary N) is 2. The van der Waals surface area contributed by atoms with E-state index in [4.69, 9.17) is 5.84 Å². The number of nitrogens with zero attached hydrogens (tertiary/aromatic N) is 2. The third kappa shape index (κ3) is 3.42. The summed E-state index contributed by atoms with van der Waals surface area (Å²) in [6.07, 6.45) is 0. The predicted molar refractivity (Wildman–Crippen MR) is 77.8 cm³/mol. The first-order valence-electron chi connectivity index (χ1n) is 6.21. The molecule has 0 aliphatic rings. The van der Waals surface area contributed by atoms with Crippen molar-refractivity contribution in [1.82, 2.24) is 9.97 Å². The van der Waals surface area contributed by atoms with Crippen molar-refractivity contribution in [3.05, 3.63) is 46.6 Å². The number of anilines is 2. The van der Waals surface area contributed by atoms with Crippen LogP contribution in [0.2, 0.25) is 0 Å². The second-order valence-corrected chi connectivity index (χ2v) is 4.63. The van der Waals surface area contributed by atoms with E-state index in [2.05, 4.69) is 52.8 Å². The van der Waals surface area contributed by atoms with Gasteiger partial charge in [-0.3, -0.25) is 0 Å². The minimum atomic E-state index is 0.575. The number of aryl methyl sites for hydroxylation is 3. The van der Waals surface area contributed by atoms with Gasteiger partial charge in [0.2, 0.25) is 5.95 Å². The minimum Gasteiger partial charge on any atom is -0.350 e. The van der Waals surface area contributed by atoms with E-state index in [1.165, 1.54) is 16.7 Å². The Balaban J connectivity index is 2.09. The minimum absolute atomic E-state index is 0.575. The van der Waals surface area contributed by atoms with Crippen molar-refractivity contribution in [3.8, 4) is 0 Å². The molecule has 0 bridgehead atoms. The predicted octanol–water partition coefficient (Wildman–Crippen LogP) is 2.30. The summed E-state index contributed by atoms with van der Waals surface area (Å²) < 4.78 is 0. The number of benzene rings is 1. The van der Waals surface area contributed by atoms with Gasteiger partial charge >= 0.3 is 0 Å². The van der Waals surface area contributed by atoms with E-state index < -0.39 is 0 Å². The highest BCUT2D eigenvalue weighted by Crippen LogP contribution is 2.12. The fourth-order valence-corrected chi connectivity index (χ4v) is 1.82. The number of hydrogen-bond acceptors (Lipinski definition) is 5. The highest BCUT2D eigenvalue weighted by molar-refractivity contribution is 5.41. The molecule has 0 spiro atoms. The molecule has 4 N–H and O–H groups in total. The molecule has 0 fully saturated rings. The van der Waals surface area contributed by atoms with E-state index in [0.717, 1.165) is 5.69 Å². The molecule has 0 saturated carbocycles. The van der Waals surface area contributed by atoms with Crippen LogP contribution >= 0.6 is 0 Å². The Morgan fingerprint density at radius 2 is 1.84 bits per heavy atom. The summed E-state index contributed by atoms with van der Waals surface area (Å²) in [6, 6.07) is 8.19. The third-order valence-electron chi connectivity index (χ3n) is 3.02. The Morgan fingerprint density at radius 3 is 2.53 bits per heavy atom. The SMILES string of the molecule is Cc1cc(NN)nc(NCc2ccc(C)c(C)c2)n1. The van der Waals surface area contributed by atoms with Gasteiger partial charge in [0.1, 0.15) is 5.82 Å². The largest absolute Gasteiger partial charge is 0.350 e. The molecular formula is C14H19N5. The average Bonchev–Trinajstić information content (AvgIpc) is 2.39. The zero-order valence-electron chi connectivity index (χ0n) is 11.5. The molecule has 2 rings (SSSR count). The van der Waals surface area contributed by atoms with Crippen LogP contribution in [-0.4, -0.2) is 9.97 Å². The van der Waals surface area contributed by atoms with Gasteiger partial charge in [0.15, 0.2) is 0 Å². The van der Waals surface area contributed by atoms with Crippen molar-refractivity contribution in [2.75, 3.05) is 10.7 Å². The molecule has 1 aromatic heterocycles. The van der Waals surface area contributed by atoms with E-state index in [-0.39, 0.29) is 0 Å². The Morgan fingerprint density at radius 1 is 1.05 bits per heavy atom. The zero-order chi connectivity index (χ0) is 13.8. The lowest BCUT2D eigenvalue weighted by atomic mass is 10.1. The number of nitrogen functional groups attached to an aromatic ring is 1. The van der Waals surface area contributed by atoms with Gasteiger partial charge in [0, 0.05) is 18.3 Å². The fourth-order valence-electron chi connectivity index (χ4n) is 1.82. The maximum Gasteiger partial charge on any atom is 0.225 e. The van der Waals surface area contributed by atoms with Crippen molar-refractivity contribution in [2.24, 2.45) is 5.84 Å². The smallest absolute Gasteiger partial charge is 0.225 e. The van der Waals surface area contributed by atoms with E-state index in [1.54, 1.807) is 6.07 Å². The van der Waals surface area contributed by atoms with Crippen LogP contribution in [0.4, 0.5) is 11.8 Å². The van der Waals surface area contributed by atoms with Gasteiger partial charge in [-0.05, 0) is 37.5 Å². The van der Waals surface area contributed by atoms with Crippen LogP contribution in [0.15, 0.2) is 24.3 Å². The number of aromatic nitrogens is 2. The van der Waals surface area contributed by atoms with E-state index in [9.17, 15) is 0 Å². The van der Waals surface area contributed by atoms with Crippen LogP contribution in [0.3, 0.4) is 0 Å². The first kappa shape index (κ1) is 13.3. The van der Waals surface area contributed by atoms with Crippen molar-refractivity contribution >= 4 is 11.8 Å². The molecule has 1 heterocycles. The first-order chi connectivity index (χ1) is 9.08. The lowest BCUT2D eigenvalue weighted by molar-refractivity contribution is 1.02. The van der Waals surface area contributed by atoms with Crippen molar-refractivity contribution in [3.63, 3.8) is 0 Å². The normalized spacial score (nSPS) is 10.3. The van der Waals surface area contributed by atoms with Gasteiger partial charge in [-0.1, -0.05) is 18.2 Å². The monoisotopic (exact) mass is 257 g/mol. The second-order valence-electron chi connectivity index (χ2n) is 4.63. The molecule has 0 atom stereocenters. The van der Waals surface area contributed by atoms with Gasteiger partial charge < -0.3 is 10.7 Å². The van der Waals surface area contributed by atoms with Crippen LogP contribution in [0, 0.1) is 20.8 Å². The molecular weight excluding hydrogens is 238 g/mol. The summed E-state index contributed by atoms with van der Waals surface area (Å²) >= 11 is 0. The summed E-state index contributed by atoms with van der Waals surface area (Å²) in [5.74, 6) is 6.55. The molecule has 19 heavy (non-hydrogen) atoms. The van der Waals surface area contributed by atoms with Gasteiger partial charge in [0.05, 0.1) is 0 Å².